The van der Waals surface area contributed by atoms with Gasteiger partial charge in [-0.05, 0) is 31.6 Å². The number of carbonyl (C=O) groups is 2. The van der Waals surface area contributed by atoms with Crippen LogP contribution in [0.25, 0.3) is 0 Å². The number of carbonyl (C=O) groups excluding carboxylic acids is 2. The zero-order chi connectivity index (χ0) is 22.6. The van der Waals surface area contributed by atoms with Crippen molar-refractivity contribution in [1.82, 2.24) is 19.7 Å². The van der Waals surface area contributed by atoms with Gasteiger partial charge in [0, 0.05) is 19.5 Å². The average Bonchev–Trinajstić information content (AvgIpc) is 3.03. The Labute approximate surface area is 168 Å². The van der Waals surface area contributed by atoms with Crippen LogP contribution >= 0.6 is 0 Å². The molecule has 0 saturated carbocycles. The van der Waals surface area contributed by atoms with Crippen molar-refractivity contribution >= 4 is 11.7 Å². The van der Waals surface area contributed by atoms with Gasteiger partial charge in [-0.15, -0.1) is 10.2 Å². The molecule has 0 bridgehead atoms. The predicted octanol–water partition coefficient (Wildman–Crippen LogP) is 3.48. The number of rotatable bonds is 7. The molecule has 30 heavy (non-hydrogen) atoms. The molecule has 0 saturated heterocycles. The Balaban J connectivity index is 2.04. The van der Waals surface area contributed by atoms with Crippen LogP contribution in [0, 0.1) is 0 Å². The summed E-state index contributed by atoms with van der Waals surface area (Å²) in [5.74, 6) is -3.78. The van der Waals surface area contributed by atoms with Crippen molar-refractivity contribution in [2.24, 2.45) is 0 Å². The fourth-order valence-corrected chi connectivity index (χ4v) is 2.94. The molecule has 6 nitrogen and oxygen atoms in total. The lowest BCUT2D eigenvalue weighted by molar-refractivity contribution is -0.148. The maximum absolute atomic E-state index is 14.0. The number of amides is 1. The summed E-state index contributed by atoms with van der Waals surface area (Å²) in [5.41, 5.74) is -0.375. The van der Waals surface area contributed by atoms with Gasteiger partial charge in [0.05, 0.1) is 13.0 Å². The number of allylic oxidation sites excluding steroid dienone is 4. The molecule has 0 N–H and O–H groups in total. The van der Waals surface area contributed by atoms with Gasteiger partial charge < -0.3 is 9.47 Å². The van der Waals surface area contributed by atoms with E-state index in [0.29, 0.717) is 6.08 Å². The molecule has 2 heterocycles. The van der Waals surface area contributed by atoms with Gasteiger partial charge in [0.2, 0.25) is 11.7 Å². The molecule has 2 rings (SSSR count). The minimum absolute atomic E-state index is 0.0767. The first-order valence-electron chi connectivity index (χ1n) is 9.03. The highest BCUT2D eigenvalue weighted by molar-refractivity contribution is 5.99. The topological polar surface area (TPSA) is 68.1 Å². The van der Waals surface area contributed by atoms with Crippen LogP contribution < -0.4 is 0 Å². The van der Waals surface area contributed by atoms with Gasteiger partial charge in [-0.3, -0.25) is 9.59 Å². The van der Waals surface area contributed by atoms with Crippen LogP contribution in [-0.4, -0.2) is 50.2 Å². The molecule has 166 valence electrons. The molecule has 1 aliphatic heterocycles. The lowest BCUT2D eigenvalue weighted by Gasteiger charge is -2.28. The molecule has 0 fully saturated rings. The van der Waals surface area contributed by atoms with E-state index in [1.807, 2.05) is 0 Å². The van der Waals surface area contributed by atoms with Crippen molar-refractivity contribution < 1.29 is 35.9 Å². The lowest BCUT2D eigenvalue weighted by Crippen LogP contribution is -2.40. The first kappa shape index (κ1) is 23.6. The van der Waals surface area contributed by atoms with E-state index < -0.39 is 54.7 Å². The van der Waals surface area contributed by atoms with Gasteiger partial charge in [0.15, 0.2) is 5.82 Å². The smallest absolute Gasteiger partial charge is 0.333 e. The molecular formula is C18H20F6N4O2. The monoisotopic (exact) mass is 438 g/mol. The molecular weight excluding hydrogens is 418 g/mol. The molecule has 0 aromatic carbocycles. The first-order chi connectivity index (χ1) is 13.9. The highest BCUT2D eigenvalue weighted by atomic mass is 19.4. The molecule has 1 aromatic rings. The van der Waals surface area contributed by atoms with E-state index in [4.69, 9.17) is 0 Å². The number of nitrogens with zero attached hydrogens (tertiary/aromatic N) is 4. The number of aromatic nitrogens is 3. The third kappa shape index (κ3) is 6.17. The van der Waals surface area contributed by atoms with Gasteiger partial charge in [-0.1, -0.05) is 0 Å². The van der Waals surface area contributed by atoms with Crippen molar-refractivity contribution in [2.45, 2.75) is 58.3 Å². The minimum atomic E-state index is -4.68. The average molecular weight is 438 g/mol. The molecule has 1 aliphatic rings. The van der Waals surface area contributed by atoms with Crippen molar-refractivity contribution in [3.8, 4) is 0 Å². The zero-order valence-corrected chi connectivity index (χ0v) is 16.2. The van der Waals surface area contributed by atoms with E-state index in [0.717, 1.165) is 29.4 Å². The Hall–Kier alpha value is -2.66. The quantitative estimate of drug-likeness (QED) is 0.371. The summed E-state index contributed by atoms with van der Waals surface area (Å²) >= 11 is 0. The maximum atomic E-state index is 14.0. The second-order valence-electron chi connectivity index (χ2n) is 6.86. The van der Waals surface area contributed by atoms with Crippen molar-refractivity contribution in [3.63, 3.8) is 0 Å². The van der Waals surface area contributed by atoms with Crippen LogP contribution in [0.5, 0.6) is 0 Å². The first-order valence-corrected chi connectivity index (χ1v) is 9.03. The molecule has 0 aliphatic carbocycles. The fourth-order valence-electron chi connectivity index (χ4n) is 2.94. The van der Waals surface area contributed by atoms with Gasteiger partial charge in [0.1, 0.15) is 24.0 Å². The number of halogens is 6. The van der Waals surface area contributed by atoms with Crippen molar-refractivity contribution in [2.75, 3.05) is 6.54 Å². The number of ketones is 1. The maximum Gasteiger partial charge on any atom is 0.451 e. The second-order valence-corrected chi connectivity index (χ2v) is 6.86. The van der Waals surface area contributed by atoms with E-state index in [1.54, 1.807) is 0 Å². The number of hydrogen-bond donors (Lipinski definition) is 0. The van der Waals surface area contributed by atoms with Crippen LogP contribution in [0.1, 0.15) is 38.3 Å². The third-order valence-electron chi connectivity index (χ3n) is 4.21. The van der Waals surface area contributed by atoms with Crippen LogP contribution in [0.2, 0.25) is 0 Å². The molecule has 2 atom stereocenters. The van der Waals surface area contributed by atoms with Gasteiger partial charge >= 0.3 is 6.18 Å². The molecule has 0 radical (unpaired) electrons. The summed E-state index contributed by atoms with van der Waals surface area (Å²) in [5, 5.41) is 6.53. The lowest BCUT2D eigenvalue weighted by atomic mass is 10.0. The standard InChI is InChI=1S/C18H20F6N4O2/c1-10(19)5-12(14(21)6-11(2)20)7-13(29)8-16(30)27-3-4-28-15(9-27)25-26-17(28)18(22,23)24/h5-6,10-11H,3-4,7-9H2,1-2H3/b12-5-,14-6+. The Morgan fingerprint density at radius 2 is 1.70 bits per heavy atom. The summed E-state index contributed by atoms with van der Waals surface area (Å²) in [4.78, 5) is 25.7. The number of Topliss-reactive ketones (excluding diaryl/α,β-unsaturated/α-hetero) is 1. The summed E-state index contributed by atoms with van der Waals surface area (Å²) in [6.07, 6.45) is -7.84. The SMILES string of the molecule is CC(F)/C=C(CC(=O)CC(=O)N1CCn2c(nnc2C(F)(F)F)C1)\C(F)=C/C(C)F. The molecule has 1 aromatic heterocycles. The molecule has 1 amide bonds. The molecule has 12 heteroatoms. The van der Waals surface area contributed by atoms with E-state index in [2.05, 4.69) is 10.2 Å². The second kappa shape index (κ2) is 9.43. The Morgan fingerprint density at radius 3 is 2.27 bits per heavy atom. The van der Waals surface area contributed by atoms with E-state index in [9.17, 15) is 35.9 Å². The summed E-state index contributed by atoms with van der Waals surface area (Å²) in [6, 6.07) is 0. The van der Waals surface area contributed by atoms with Gasteiger partial charge in [0.25, 0.3) is 0 Å². The number of hydrogen-bond acceptors (Lipinski definition) is 4. The van der Waals surface area contributed by atoms with Crippen LogP contribution in [0.4, 0.5) is 26.3 Å². The Kier molecular flexibility index (Phi) is 7.43. The number of alkyl halides is 5. The Morgan fingerprint density at radius 1 is 1.07 bits per heavy atom. The highest BCUT2D eigenvalue weighted by Gasteiger charge is 2.40. The largest absolute Gasteiger partial charge is 0.451 e. The van der Waals surface area contributed by atoms with Crippen LogP contribution in [0.15, 0.2) is 23.6 Å². The van der Waals surface area contributed by atoms with E-state index in [-0.39, 0.29) is 31.0 Å². The van der Waals surface area contributed by atoms with Crippen molar-refractivity contribution in [1.29, 1.82) is 0 Å². The van der Waals surface area contributed by atoms with Gasteiger partial charge in [-0.2, -0.15) is 13.2 Å². The van der Waals surface area contributed by atoms with Crippen LogP contribution in [0.3, 0.4) is 0 Å². The minimum Gasteiger partial charge on any atom is -0.333 e. The summed E-state index contributed by atoms with van der Waals surface area (Å²) in [6.45, 7) is 1.58. The fraction of sp³-hybridized carbons (Fsp3) is 0.556. The summed E-state index contributed by atoms with van der Waals surface area (Å²) < 4.78 is 79.6. The van der Waals surface area contributed by atoms with E-state index >= 15 is 0 Å². The van der Waals surface area contributed by atoms with Crippen molar-refractivity contribution in [3.05, 3.63) is 35.2 Å². The molecule has 0 spiro atoms. The third-order valence-corrected chi connectivity index (χ3v) is 4.21. The number of fused-ring (bicyclic) bond motifs is 1. The molecule has 2 unspecified atom stereocenters. The van der Waals surface area contributed by atoms with E-state index in [1.165, 1.54) is 0 Å². The Bertz CT molecular complexity index is 857. The summed E-state index contributed by atoms with van der Waals surface area (Å²) in [7, 11) is 0. The van der Waals surface area contributed by atoms with Crippen LogP contribution in [-0.2, 0) is 28.9 Å². The highest BCUT2D eigenvalue weighted by Crippen LogP contribution is 2.29. The van der Waals surface area contributed by atoms with Gasteiger partial charge in [-0.25, -0.2) is 13.2 Å². The zero-order valence-electron chi connectivity index (χ0n) is 16.2. The normalized spacial score (nSPS) is 17.5. The predicted molar refractivity (Wildman–Crippen MR) is 93.1 cm³/mol.